The molecule has 8 heteroatoms. The third-order valence-electron chi connectivity index (χ3n) is 3.42. The lowest BCUT2D eigenvalue weighted by atomic mass is 10.1. The number of rotatable bonds is 6. The number of benzene rings is 1. The van der Waals surface area contributed by atoms with Crippen LogP contribution in [0.25, 0.3) is 0 Å². The highest BCUT2D eigenvalue weighted by atomic mass is 127. The Bertz CT molecular complexity index is 621. The average molecular weight is 457 g/mol. The van der Waals surface area contributed by atoms with E-state index in [4.69, 9.17) is 0 Å². The van der Waals surface area contributed by atoms with Crippen LogP contribution >= 0.6 is 24.0 Å². The summed E-state index contributed by atoms with van der Waals surface area (Å²) in [5.74, 6) is 0.0223. The van der Waals surface area contributed by atoms with Gasteiger partial charge in [0, 0.05) is 19.6 Å². The number of hydrogen-bond acceptors (Lipinski definition) is 3. The van der Waals surface area contributed by atoms with Crippen LogP contribution < -0.4 is 10.6 Å². The molecule has 0 saturated heterocycles. The lowest BCUT2D eigenvalue weighted by Crippen LogP contribution is -2.45. The first-order valence-corrected chi connectivity index (χ1v) is 8.87. The van der Waals surface area contributed by atoms with Crippen molar-refractivity contribution in [3.63, 3.8) is 0 Å². The summed E-state index contributed by atoms with van der Waals surface area (Å²) in [6, 6.07) is 5.60. The molecule has 0 aliphatic rings. The molecule has 23 heavy (non-hydrogen) atoms. The Balaban J connectivity index is 0.00000484. The molecule has 0 aromatic heterocycles. The number of hydrogen-bond donors (Lipinski definition) is 2. The van der Waals surface area contributed by atoms with Crippen molar-refractivity contribution in [2.75, 3.05) is 19.3 Å². The summed E-state index contributed by atoms with van der Waals surface area (Å²) < 4.78 is 37.8. The van der Waals surface area contributed by atoms with Crippen LogP contribution in [0.15, 0.2) is 34.2 Å². The van der Waals surface area contributed by atoms with Crippen LogP contribution in [0, 0.1) is 11.7 Å². The van der Waals surface area contributed by atoms with Gasteiger partial charge in [-0.25, -0.2) is 12.8 Å². The predicted molar refractivity (Wildman–Crippen MR) is 103 cm³/mol. The van der Waals surface area contributed by atoms with Gasteiger partial charge in [-0.2, -0.15) is 0 Å². The summed E-state index contributed by atoms with van der Waals surface area (Å²) in [7, 11) is -2.04. The zero-order valence-corrected chi connectivity index (χ0v) is 17.0. The number of sulfone groups is 1. The van der Waals surface area contributed by atoms with Gasteiger partial charge in [0.1, 0.15) is 10.7 Å². The van der Waals surface area contributed by atoms with Crippen molar-refractivity contribution < 1.29 is 12.8 Å². The first-order chi connectivity index (χ1) is 10.3. The first kappa shape index (κ1) is 22.1. The Morgan fingerprint density at radius 2 is 1.87 bits per heavy atom. The maximum Gasteiger partial charge on any atom is 0.191 e. The Labute approximate surface area is 155 Å². The number of nitrogens with zero attached hydrogens (tertiary/aromatic N) is 1. The Hall–Kier alpha value is -0.900. The van der Waals surface area contributed by atoms with E-state index in [0.29, 0.717) is 11.9 Å². The third-order valence-corrected chi connectivity index (χ3v) is 5.17. The monoisotopic (exact) mass is 457 g/mol. The van der Waals surface area contributed by atoms with E-state index in [9.17, 15) is 12.8 Å². The van der Waals surface area contributed by atoms with Gasteiger partial charge in [-0.3, -0.25) is 4.99 Å². The highest BCUT2D eigenvalue weighted by Gasteiger charge is 2.18. The summed E-state index contributed by atoms with van der Waals surface area (Å²) in [4.78, 5) is 3.78. The van der Waals surface area contributed by atoms with Crippen molar-refractivity contribution >= 4 is 39.8 Å². The van der Waals surface area contributed by atoms with Gasteiger partial charge in [0.2, 0.25) is 0 Å². The topological polar surface area (TPSA) is 70.6 Å². The normalized spacial score (nSPS) is 13.4. The van der Waals surface area contributed by atoms with Crippen molar-refractivity contribution in [1.29, 1.82) is 0 Å². The minimum absolute atomic E-state index is 0. The zero-order valence-electron chi connectivity index (χ0n) is 13.8. The van der Waals surface area contributed by atoms with Gasteiger partial charge in [0.15, 0.2) is 15.8 Å². The maximum atomic E-state index is 13.6. The van der Waals surface area contributed by atoms with Crippen LogP contribution in [0.5, 0.6) is 0 Å². The van der Waals surface area contributed by atoms with Gasteiger partial charge in [-0.05, 0) is 25.0 Å². The van der Waals surface area contributed by atoms with Crippen LogP contribution in [-0.4, -0.2) is 39.8 Å². The van der Waals surface area contributed by atoms with E-state index in [1.54, 1.807) is 7.05 Å². The molecular weight excluding hydrogens is 432 g/mol. The molecule has 1 aromatic rings. The average Bonchev–Trinajstić information content (AvgIpc) is 2.45. The quantitative estimate of drug-likeness (QED) is 0.391. The molecule has 1 unspecified atom stereocenters. The Kier molecular flexibility index (Phi) is 9.67. The second kappa shape index (κ2) is 10.1. The molecule has 0 aliphatic heterocycles. The van der Waals surface area contributed by atoms with Crippen molar-refractivity contribution in [3.8, 4) is 0 Å². The molecule has 5 nitrogen and oxygen atoms in total. The highest BCUT2D eigenvalue weighted by molar-refractivity contribution is 14.0. The summed E-state index contributed by atoms with van der Waals surface area (Å²) in [6.45, 7) is 6.33. The molecule has 0 saturated carbocycles. The van der Waals surface area contributed by atoms with Crippen LogP contribution in [0.4, 0.5) is 4.39 Å². The molecule has 0 aliphatic carbocycles. The van der Waals surface area contributed by atoms with Crippen molar-refractivity contribution in [2.24, 2.45) is 10.9 Å². The largest absolute Gasteiger partial charge is 0.355 e. The minimum Gasteiger partial charge on any atom is -0.355 e. The molecule has 0 amide bonds. The van der Waals surface area contributed by atoms with Crippen molar-refractivity contribution in [2.45, 2.75) is 31.7 Å². The lowest BCUT2D eigenvalue weighted by molar-refractivity contribution is 0.481. The van der Waals surface area contributed by atoms with E-state index in [-0.39, 0.29) is 47.2 Å². The van der Waals surface area contributed by atoms with E-state index in [2.05, 4.69) is 29.5 Å². The number of aliphatic imine (C=N–C) groups is 1. The number of guanidine groups is 1. The molecule has 0 bridgehead atoms. The number of halogens is 2. The summed E-state index contributed by atoms with van der Waals surface area (Å²) in [5, 5.41) is 6.11. The van der Waals surface area contributed by atoms with Crippen LogP contribution in [-0.2, 0) is 9.84 Å². The number of nitrogens with one attached hydrogen (secondary N) is 2. The standard InChI is InChI=1S/C15H24FN3O2S.HI/c1-11(2)12(3)19-15(17-4)18-9-10-22(20,21)14-8-6-5-7-13(14)16;/h5-8,11-12H,9-10H2,1-4H3,(H2,17,18,19);1H. The molecule has 0 spiro atoms. The maximum absolute atomic E-state index is 13.6. The molecule has 132 valence electrons. The molecule has 0 fully saturated rings. The zero-order chi connectivity index (χ0) is 16.8. The molecule has 2 N–H and O–H groups in total. The first-order valence-electron chi connectivity index (χ1n) is 7.22. The van der Waals surface area contributed by atoms with Gasteiger partial charge < -0.3 is 10.6 Å². The van der Waals surface area contributed by atoms with E-state index in [0.717, 1.165) is 6.07 Å². The van der Waals surface area contributed by atoms with Crippen LogP contribution in [0.3, 0.4) is 0 Å². The second-order valence-electron chi connectivity index (χ2n) is 5.43. The van der Waals surface area contributed by atoms with Crippen molar-refractivity contribution in [1.82, 2.24) is 10.6 Å². The molecule has 1 atom stereocenters. The van der Waals surface area contributed by atoms with Gasteiger partial charge >= 0.3 is 0 Å². The Morgan fingerprint density at radius 3 is 2.39 bits per heavy atom. The van der Waals surface area contributed by atoms with Crippen molar-refractivity contribution in [3.05, 3.63) is 30.1 Å². The van der Waals surface area contributed by atoms with Gasteiger partial charge in [-0.1, -0.05) is 26.0 Å². The Morgan fingerprint density at radius 1 is 1.26 bits per heavy atom. The van der Waals surface area contributed by atoms with Gasteiger partial charge in [0.05, 0.1) is 5.75 Å². The fourth-order valence-corrected chi connectivity index (χ4v) is 2.93. The van der Waals surface area contributed by atoms with E-state index >= 15 is 0 Å². The summed E-state index contributed by atoms with van der Waals surface area (Å²) in [5.41, 5.74) is 0. The highest BCUT2D eigenvalue weighted by Crippen LogP contribution is 2.14. The third kappa shape index (κ3) is 7.03. The minimum atomic E-state index is -3.66. The van der Waals surface area contributed by atoms with Crippen LogP contribution in [0.2, 0.25) is 0 Å². The fourth-order valence-electron chi connectivity index (χ4n) is 1.69. The predicted octanol–water partition coefficient (Wildman–Crippen LogP) is 2.43. The molecule has 0 radical (unpaired) electrons. The molecule has 1 aromatic carbocycles. The van der Waals surface area contributed by atoms with Crippen LogP contribution in [0.1, 0.15) is 20.8 Å². The van der Waals surface area contributed by atoms with E-state index < -0.39 is 15.7 Å². The fraction of sp³-hybridized carbons (Fsp3) is 0.533. The van der Waals surface area contributed by atoms with E-state index in [1.807, 2.05) is 6.92 Å². The van der Waals surface area contributed by atoms with Gasteiger partial charge in [0.25, 0.3) is 0 Å². The lowest BCUT2D eigenvalue weighted by Gasteiger charge is -2.20. The summed E-state index contributed by atoms with van der Waals surface area (Å²) >= 11 is 0. The summed E-state index contributed by atoms with van der Waals surface area (Å²) in [6.07, 6.45) is 0. The van der Waals surface area contributed by atoms with Gasteiger partial charge in [-0.15, -0.1) is 24.0 Å². The molecule has 0 heterocycles. The molecule has 1 rings (SSSR count). The molecular formula is C15H25FIN3O2S. The SMILES string of the molecule is CN=C(NCCS(=O)(=O)c1ccccc1F)NC(C)C(C)C.I. The van der Waals surface area contributed by atoms with E-state index in [1.165, 1.54) is 18.2 Å². The second-order valence-corrected chi connectivity index (χ2v) is 7.50. The smallest absolute Gasteiger partial charge is 0.191 e.